The number of alkyl halides is 12. The summed E-state index contributed by atoms with van der Waals surface area (Å²) in [5, 5.41) is 0. The predicted octanol–water partition coefficient (Wildman–Crippen LogP) is 10.2. The van der Waals surface area contributed by atoms with Crippen LogP contribution in [0.1, 0.15) is 45.0 Å². The Morgan fingerprint density at radius 1 is 0.458 bits per heavy atom. The molecule has 3 aromatic rings. The van der Waals surface area contributed by atoms with Crippen molar-refractivity contribution in [3.8, 4) is 0 Å². The van der Waals surface area contributed by atoms with Crippen molar-refractivity contribution in [1.29, 1.82) is 0 Å². The van der Waals surface area contributed by atoms with Crippen molar-refractivity contribution in [1.82, 2.24) is 15.0 Å². The van der Waals surface area contributed by atoms with Crippen molar-refractivity contribution in [2.24, 2.45) is 0 Å². The molecule has 3 rings (SSSR count). The van der Waals surface area contributed by atoms with Gasteiger partial charge >= 0.3 is 24.7 Å². The van der Waals surface area contributed by atoms with Crippen LogP contribution in [0.15, 0.2) is 42.7 Å². The largest absolute Gasteiger partial charge is 0.393 e. The molecule has 48 heavy (non-hydrogen) atoms. The minimum Gasteiger partial charge on any atom is -0.358 e. The van der Waals surface area contributed by atoms with Crippen LogP contribution in [0.4, 0.5) is 52.7 Å². The van der Waals surface area contributed by atoms with Gasteiger partial charge in [0.2, 0.25) is 0 Å². The minimum absolute atomic E-state index is 0. The Bertz CT molecular complexity index is 1260. The zero-order valence-corrected chi connectivity index (χ0v) is 36.7. The molecule has 0 aliphatic carbocycles. The van der Waals surface area contributed by atoms with Gasteiger partial charge in [0.05, 0.1) is 25.7 Å². The number of aryl methyl sites for hydroxylation is 4. The van der Waals surface area contributed by atoms with Crippen molar-refractivity contribution in [2.75, 3.05) is 0 Å². The van der Waals surface area contributed by atoms with Gasteiger partial charge < -0.3 is 22.3 Å². The van der Waals surface area contributed by atoms with Gasteiger partial charge in [0.15, 0.2) is 0 Å². The third-order valence-corrected chi connectivity index (χ3v) is 4.97. The maximum absolute atomic E-state index is 12.1. The van der Waals surface area contributed by atoms with Crippen molar-refractivity contribution in [2.45, 2.75) is 78.1 Å². The molecule has 0 fully saturated rings. The van der Waals surface area contributed by atoms with Crippen LogP contribution >= 0.6 is 0 Å². The van der Waals surface area contributed by atoms with Crippen LogP contribution in [0.25, 0.3) is 0 Å². The number of rotatable bonds is 4. The zero-order chi connectivity index (χ0) is 32.5. The maximum Gasteiger partial charge on any atom is 0.393 e. The Morgan fingerprint density at radius 2 is 0.833 bits per heavy atom. The van der Waals surface area contributed by atoms with Gasteiger partial charge in [-0.2, -0.15) is 52.7 Å². The van der Waals surface area contributed by atoms with Crippen LogP contribution in [0, 0.1) is 50.0 Å². The van der Waals surface area contributed by atoms with Gasteiger partial charge in [0.1, 0.15) is 0 Å². The average molecular weight is 1210 g/mol. The van der Waals surface area contributed by atoms with E-state index in [0.717, 1.165) is 18.0 Å². The number of hydrogen-bond donors (Lipinski definition) is 0. The molecule has 0 aromatic carbocycles. The first kappa shape index (κ1) is 59.0. The molecular weight excluding hydrogens is 1170 g/mol. The molecule has 0 amide bonds. The van der Waals surface area contributed by atoms with Crippen molar-refractivity contribution in [3.05, 3.63) is 110 Å². The summed E-state index contributed by atoms with van der Waals surface area (Å²) in [7, 11) is 0. The van der Waals surface area contributed by atoms with Crippen LogP contribution in [-0.4, -0.2) is 39.7 Å². The molecule has 0 aliphatic heterocycles. The summed E-state index contributed by atoms with van der Waals surface area (Å²) in [6.45, 7) is 6.44. The molecule has 3 aromatic heterocycles. The van der Waals surface area contributed by atoms with E-state index in [9.17, 15) is 52.7 Å². The monoisotopic (exact) mass is 1210 g/mol. The van der Waals surface area contributed by atoms with Gasteiger partial charge in [0, 0.05) is 102 Å². The number of pyridine rings is 3. The minimum atomic E-state index is -4.46. The Balaban J connectivity index is -0.000000132. The van der Waals surface area contributed by atoms with Gasteiger partial charge in [-0.15, -0.1) is 0 Å². The van der Waals surface area contributed by atoms with E-state index in [1.165, 1.54) is 31.3 Å². The fourth-order valence-corrected chi connectivity index (χ4v) is 3.44. The van der Waals surface area contributed by atoms with Gasteiger partial charge in [-0.1, -0.05) is 12.1 Å². The summed E-state index contributed by atoms with van der Waals surface area (Å²) in [5.41, 5.74) is 2.06. The van der Waals surface area contributed by atoms with Crippen molar-refractivity contribution >= 4 is 0 Å². The summed E-state index contributed by atoms with van der Waals surface area (Å²) in [5.74, 6) is 0. The quantitative estimate of drug-likeness (QED) is 0.193. The van der Waals surface area contributed by atoms with E-state index in [0.29, 0.717) is 11.4 Å². The molecule has 3 heterocycles. The summed E-state index contributed by atoms with van der Waals surface area (Å²) in [4.78, 5) is 11.3. The first-order chi connectivity index (χ1) is 18.9. The van der Waals surface area contributed by atoms with E-state index >= 15 is 0 Å². The summed E-state index contributed by atoms with van der Waals surface area (Å²) in [6, 6.07) is 6.83. The molecule has 0 unspecified atom stereocenters. The normalized spacial score (nSPS) is 10.7. The number of hydrogen-bond acceptors (Lipinski definition) is 3. The van der Waals surface area contributed by atoms with E-state index < -0.39 is 50.4 Å². The molecule has 0 saturated carbocycles. The smallest absolute Gasteiger partial charge is 0.358 e. The Hall–Kier alpha value is -1.17. The second kappa shape index (κ2) is 24.9. The molecule has 0 aliphatic rings. The predicted molar refractivity (Wildman–Crippen MR) is 150 cm³/mol. The van der Waals surface area contributed by atoms with Crippen LogP contribution in [0.3, 0.4) is 0 Å². The van der Waals surface area contributed by atoms with Gasteiger partial charge in [-0.05, 0) is 68.1 Å². The van der Waals surface area contributed by atoms with E-state index in [4.69, 9.17) is 0 Å². The van der Waals surface area contributed by atoms with E-state index in [1.54, 1.807) is 26.8 Å². The number of halogens is 12. The van der Waals surface area contributed by atoms with E-state index in [2.05, 4.69) is 15.0 Å². The van der Waals surface area contributed by atoms with Gasteiger partial charge in [-0.3, -0.25) is 15.0 Å². The van der Waals surface area contributed by atoms with Crippen molar-refractivity contribution < 1.29 is 120 Å². The molecular formula is C30H36F12N3Ta3-3. The molecule has 0 saturated heterocycles. The summed E-state index contributed by atoms with van der Waals surface area (Å²) >= 11 is 0. The first-order valence-electron chi connectivity index (χ1n) is 12.0. The van der Waals surface area contributed by atoms with Crippen LogP contribution < -0.4 is 0 Å². The van der Waals surface area contributed by atoms with Crippen LogP contribution in [0.2, 0.25) is 0 Å². The fraction of sp³-hybridized carbons (Fsp3) is 0.400. The molecule has 0 N–H and O–H groups in total. The Labute approximate surface area is 321 Å². The molecule has 3 radical (unpaired) electrons. The second-order valence-corrected chi connectivity index (χ2v) is 9.32. The van der Waals surface area contributed by atoms with E-state index in [1.807, 2.05) is 0 Å². The van der Waals surface area contributed by atoms with Crippen molar-refractivity contribution in [3.63, 3.8) is 0 Å². The molecule has 18 heteroatoms. The first-order valence-corrected chi connectivity index (χ1v) is 12.0. The number of nitrogens with zero attached hydrogens (tertiary/aromatic N) is 3. The fourth-order valence-electron chi connectivity index (χ4n) is 3.44. The molecule has 0 spiro atoms. The Kier molecular flexibility index (Phi) is 30.6. The third-order valence-electron chi connectivity index (χ3n) is 4.97. The topological polar surface area (TPSA) is 38.7 Å². The average Bonchev–Trinajstić information content (AvgIpc) is 2.74. The van der Waals surface area contributed by atoms with Gasteiger partial charge in [0.25, 0.3) is 0 Å². The standard InChI is InChI=1S/C10H9F6N.C9H10F3N.C8H8F3N.3CH3.3Ta/c1-6-8(4-10(14,15)16)2-7(5-17-6)3-9(11,12)13;1-6-3-8(4-7(2)13-6)5-9(10,11)12;1-6-2-3-7(5-12-6)4-8(9,10)11;;;;;;/h2,5H,3-4H2,1H3;3-4H,5H2,1-2H3;2-3,5H,4H2,1H3;3*1H3;;;/q;;;3*-1;;;. The maximum atomic E-state index is 12.1. The van der Waals surface area contributed by atoms with Gasteiger partial charge in [-0.25, -0.2) is 0 Å². The second-order valence-electron chi connectivity index (χ2n) is 9.32. The zero-order valence-electron chi connectivity index (χ0n) is 27.1. The van der Waals surface area contributed by atoms with E-state index in [-0.39, 0.29) is 117 Å². The SMILES string of the molecule is Cc1cc(CC(F)(F)F)cc(C)n1.Cc1ccc(CC(F)(F)F)cn1.Cc1ncc(CC(F)(F)F)cc1CC(F)(F)F.[CH3-].[CH3-].[CH3-].[Ta].[Ta].[Ta]. The summed E-state index contributed by atoms with van der Waals surface area (Å²) in [6.07, 6.45) is -19.3. The molecule has 273 valence electrons. The third kappa shape index (κ3) is 29.7. The molecule has 3 nitrogen and oxygen atoms in total. The molecule has 0 bridgehead atoms. The molecule has 0 atom stereocenters. The summed E-state index contributed by atoms with van der Waals surface area (Å²) < 4.78 is 144. The number of aromatic nitrogens is 3. The Morgan fingerprint density at radius 3 is 1.21 bits per heavy atom. The van der Waals surface area contributed by atoms with Crippen LogP contribution in [0.5, 0.6) is 0 Å². The van der Waals surface area contributed by atoms with Crippen LogP contribution in [-0.2, 0) is 92.8 Å².